The minimum atomic E-state index is -4.35. The highest BCUT2D eigenvalue weighted by atomic mass is 32.1. The summed E-state index contributed by atoms with van der Waals surface area (Å²) >= 11 is 1.34. The Balaban J connectivity index is 1.20. The van der Waals surface area contributed by atoms with Crippen LogP contribution < -0.4 is 0 Å². The monoisotopic (exact) mass is 468 g/mol. The first-order chi connectivity index (χ1) is 15.3. The van der Waals surface area contributed by atoms with Gasteiger partial charge in [0.2, 0.25) is 0 Å². The molecule has 11 heteroatoms. The fourth-order valence-electron chi connectivity index (χ4n) is 3.82. The molecule has 32 heavy (non-hydrogen) atoms. The summed E-state index contributed by atoms with van der Waals surface area (Å²) < 4.78 is 41.1. The molecule has 1 aromatic heterocycles. The van der Waals surface area contributed by atoms with Crippen LogP contribution in [0, 0.1) is 0 Å². The molecule has 0 aliphatic carbocycles. The number of hydrogen-bond acceptors (Lipinski definition) is 6. The van der Waals surface area contributed by atoms with Crippen LogP contribution in [0.25, 0.3) is 0 Å². The number of ether oxygens (including phenoxy) is 1. The minimum Gasteiger partial charge on any atom is -0.367 e. The second-order valence-corrected chi connectivity index (χ2v) is 8.73. The highest BCUT2D eigenvalue weighted by molar-refractivity contribution is 7.11. The van der Waals surface area contributed by atoms with Gasteiger partial charge in [0.25, 0.3) is 11.8 Å². The van der Waals surface area contributed by atoms with Gasteiger partial charge in [0, 0.05) is 62.5 Å². The summed E-state index contributed by atoms with van der Waals surface area (Å²) in [4.78, 5) is 35.0. The van der Waals surface area contributed by atoms with Crippen molar-refractivity contribution < 1.29 is 27.5 Å². The van der Waals surface area contributed by atoms with Gasteiger partial charge in [-0.3, -0.25) is 14.5 Å². The van der Waals surface area contributed by atoms with Crippen LogP contribution in [-0.4, -0.2) is 89.6 Å². The standard InChI is InChI=1S/C21H23F3N4O3S/c22-21(23,24)14-31-13-15-1-3-16(4-2-15)19(29)28-11-17(12-28)26-6-8-27(9-7-26)20(30)18-25-5-10-32-18/h1-5,10,17H,6-9,11-14H2. The molecule has 2 aromatic rings. The van der Waals surface area contributed by atoms with Crippen LogP contribution in [0.2, 0.25) is 0 Å². The van der Waals surface area contributed by atoms with Crippen molar-refractivity contribution in [3.05, 3.63) is 52.0 Å². The Kier molecular flexibility index (Phi) is 6.77. The fourth-order valence-corrected chi connectivity index (χ4v) is 4.42. The molecule has 0 N–H and O–H groups in total. The van der Waals surface area contributed by atoms with Crippen molar-refractivity contribution in [3.8, 4) is 0 Å². The van der Waals surface area contributed by atoms with Crippen molar-refractivity contribution >= 4 is 23.2 Å². The number of carbonyl (C=O) groups excluding carboxylic acids is 2. The Morgan fingerprint density at radius 3 is 2.31 bits per heavy atom. The van der Waals surface area contributed by atoms with Crippen molar-refractivity contribution in [1.29, 1.82) is 0 Å². The summed E-state index contributed by atoms with van der Waals surface area (Å²) in [5, 5.41) is 2.30. The van der Waals surface area contributed by atoms with Gasteiger partial charge in [-0.05, 0) is 17.7 Å². The molecule has 172 valence electrons. The first-order valence-electron chi connectivity index (χ1n) is 10.3. The molecule has 0 unspecified atom stereocenters. The molecule has 0 radical (unpaired) electrons. The second-order valence-electron chi connectivity index (χ2n) is 7.83. The van der Waals surface area contributed by atoms with E-state index in [0.717, 1.165) is 13.1 Å². The molecule has 2 aliphatic rings. The van der Waals surface area contributed by atoms with Crippen molar-refractivity contribution in [3.63, 3.8) is 0 Å². The summed E-state index contributed by atoms with van der Waals surface area (Å²) in [5.74, 6) is -0.126. The highest BCUT2D eigenvalue weighted by Crippen LogP contribution is 2.21. The van der Waals surface area contributed by atoms with E-state index in [1.807, 2.05) is 4.90 Å². The zero-order valence-electron chi connectivity index (χ0n) is 17.3. The average Bonchev–Trinajstić information content (AvgIpc) is 3.27. The first-order valence-corrected chi connectivity index (χ1v) is 11.1. The van der Waals surface area contributed by atoms with E-state index in [1.54, 1.807) is 40.7 Å². The van der Waals surface area contributed by atoms with E-state index >= 15 is 0 Å². The van der Waals surface area contributed by atoms with E-state index in [2.05, 4.69) is 14.6 Å². The van der Waals surface area contributed by atoms with Crippen LogP contribution >= 0.6 is 11.3 Å². The molecule has 7 nitrogen and oxygen atoms in total. The zero-order valence-corrected chi connectivity index (χ0v) is 18.1. The first kappa shape index (κ1) is 22.7. The molecule has 3 heterocycles. The smallest absolute Gasteiger partial charge is 0.367 e. The number of piperazine rings is 1. The predicted molar refractivity (Wildman–Crippen MR) is 111 cm³/mol. The van der Waals surface area contributed by atoms with E-state index in [-0.39, 0.29) is 24.5 Å². The number of thiazole rings is 1. The molecule has 2 saturated heterocycles. The normalized spacial score (nSPS) is 18.0. The summed E-state index contributed by atoms with van der Waals surface area (Å²) in [6.45, 7) is 2.59. The third-order valence-corrected chi connectivity index (χ3v) is 6.38. The van der Waals surface area contributed by atoms with Gasteiger partial charge in [0.1, 0.15) is 6.61 Å². The predicted octanol–water partition coefficient (Wildman–Crippen LogP) is 2.50. The number of nitrogens with zero attached hydrogens (tertiary/aromatic N) is 4. The Labute approximate surface area is 187 Å². The third kappa shape index (κ3) is 5.45. The summed E-state index contributed by atoms with van der Waals surface area (Å²) in [6.07, 6.45) is -2.73. The van der Waals surface area contributed by atoms with Crippen LogP contribution in [0.5, 0.6) is 0 Å². The Morgan fingerprint density at radius 1 is 1.03 bits per heavy atom. The molecule has 0 saturated carbocycles. The van der Waals surface area contributed by atoms with E-state index in [9.17, 15) is 22.8 Å². The van der Waals surface area contributed by atoms with Crippen LogP contribution in [0.15, 0.2) is 35.8 Å². The lowest BCUT2D eigenvalue weighted by atomic mass is 10.0. The van der Waals surface area contributed by atoms with Crippen molar-refractivity contribution in [2.24, 2.45) is 0 Å². The molecule has 0 atom stereocenters. The number of amides is 2. The van der Waals surface area contributed by atoms with Crippen LogP contribution in [-0.2, 0) is 11.3 Å². The van der Waals surface area contributed by atoms with Crippen LogP contribution in [0.3, 0.4) is 0 Å². The summed E-state index contributed by atoms with van der Waals surface area (Å²) in [5.41, 5.74) is 1.08. The van der Waals surface area contributed by atoms with Gasteiger partial charge in [-0.1, -0.05) is 12.1 Å². The Hall–Kier alpha value is -2.50. The van der Waals surface area contributed by atoms with Crippen LogP contribution in [0.1, 0.15) is 25.7 Å². The van der Waals surface area contributed by atoms with E-state index in [0.29, 0.717) is 42.3 Å². The molecular formula is C21H23F3N4O3S. The maximum atomic E-state index is 12.7. The lowest BCUT2D eigenvalue weighted by molar-refractivity contribution is -0.176. The quantitative estimate of drug-likeness (QED) is 0.652. The zero-order chi connectivity index (χ0) is 22.7. The number of likely N-dealkylation sites (tertiary alicyclic amines) is 1. The Bertz CT molecular complexity index is 923. The van der Waals surface area contributed by atoms with Gasteiger partial charge in [0.05, 0.1) is 6.61 Å². The Morgan fingerprint density at radius 2 is 1.72 bits per heavy atom. The number of halogens is 3. The third-order valence-electron chi connectivity index (χ3n) is 5.62. The number of alkyl halides is 3. The van der Waals surface area contributed by atoms with E-state index in [1.165, 1.54) is 11.3 Å². The minimum absolute atomic E-state index is 0.0303. The molecule has 4 rings (SSSR count). The number of aromatic nitrogens is 1. The number of benzene rings is 1. The maximum Gasteiger partial charge on any atom is 0.411 e. The molecule has 0 spiro atoms. The van der Waals surface area contributed by atoms with Gasteiger partial charge in [0.15, 0.2) is 5.01 Å². The van der Waals surface area contributed by atoms with Crippen molar-refractivity contribution in [1.82, 2.24) is 19.7 Å². The number of carbonyl (C=O) groups is 2. The van der Waals surface area contributed by atoms with Gasteiger partial charge < -0.3 is 14.5 Å². The maximum absolute atomic E-state index is 12.7. The highest BCUT2D eigenvalue weighted by Gasteiger charge is 2.37. The largest absolute Gasteiger partial charge is 0.411 e. The summed E-state index contributed by atoms with van der Waals surface area (Å²) in [6, 6.07) is 6.72. The van der Waals surface area contributed by atoms with Gasteiger partial charge in [-0.2, -0.15) is 13.2 Å². The lowest BCUT2D eigenvalue weighted by Gasteiger charge is -2.48. The van der Waals surface area contributed by atoms with Crippen molar-refractivity contribution in [2.45, 2.75) is 18.8 Å². The summed E-state index contributed by atoms with van der Waals surface area (Å²) in [7, 11) is 0. The number of rotatable bonds is 6. The van der Waals surface area contributed by atoms with Crippen LogP contribution in [0.4, 0.5) is 13.2 Å². The van der Waals surface area contributed by atoms with Gasteiger partial charge in [-0.15, -0.1) is 11.3 Å². The van der Waals surface area contributed by atoms with Gasteiger partial charge >= 0.3 is 6.18 Å². The van der Waals surface area contributed by atoms with Crippen molar-refractivity contribution in [2.75, 3.05) is 45.9 Å². The molecule has 0 bridgehead atoms. The molecule has 2 aliphatic heterocycles. The lowest BCUT2D eigenvalue weighted by Crippen LogP contribution is -2.64. The number of hydrogen-bond donors (Lipinski definition) is 0. The van der Waals surface area contributed by atoms with E-state index < -0.39 is 12.8 Å². The molecule has 2 amide bonds. The molecule has 2 fully saturated rings. The van der Waals surface area contributed by atoms with Gasteiger partial charge in [-0.25, -0.2) is 4.98 Å². The molecule has 1 aromatic carbocycles. The second kappa shape index (κ2) is 9.55. The SMILES string of the molecule is O=C(c1ccc(COCC(F)(F)F)cc1)N1CC(N2CCN(C(=O)c3nccs3)CC2)C1. The average molecular weight is 469 g/mol. The topological polar surface area (TPSA) is 66.0 Å². The van der Waals surface area contributed by atoms with E-state index in [4.69, 9.17) is 0 Å². The molecular weight excluding hydrogens is 445 g/mol. The fraction of sp³-hybridized carbons (Fsp3) is 0.476.